The van der Waals surface area contributed by atoms with Crippen LogP contribution in [0.4, 0.5) is 0 Å². The van der Waals surface area contributed by atoms with Gasteiger partial charge in [0.25, 0.3) is 0 Å². The van der Waals surface area contributed by atoms with Gasteiger partial charge in [0, 0.05) is 38.6 Å². The van der Waals surface area contributed by atoms with Crippen molar-refractivity contribution in [3.8, 4) is 11.1 Å². The fourth-order valence-corrected chi connectivity index (χ4v) is 1.26. The molecule has 0 aliphatic carbocycles. The van der Waals surface area contributed by atoms with Crippen molar-refractivity contribution in [1.29, 1.82) is 0 Å². The molecule has 0 unspecified atom stereocenters. The van der Waals surface area contributed by atoms with Gasteiger partial charge >= 0.3 is 0 Å². The summed E-state index contributed by atoms with van der Waals surface area (Å²) < 4.78 is 0. The molecule has 13 heavy (non-hydrogen) atoms. The van der Waals surface area contributed by atoms with Gasteiger partial charge in [-0.15, -0.1) is 0 Å². The molecular weight excluding hydrogens is 303 g/mol. The molecule has 0 fully saturated rings. The summed E-state index contributed by atoms with van der Waals surface area (Å²) in [7, 11) is 0. The predicted molar refractivity (Wildman–Crippen MR) is 51.9 cm³/mol. The molecule has 0 amide bonds. The summed E-state index contributed by atoms with van der Waals surface area (Å²) in [4.78, 5) is 0. The molecule has 0 atom stereocenters. The third-order valence-electron chi connectivity index (χ3n) is 1.88. The molecule has 0 aliphatic heterocycles. The van der Waals surface area contributed by atoms with Gasteiger partial charge in [0.05, 0.1) is 0 Å². The molecule has 0 spiro atoms. The SMILES string of the molecule is [Tb].c1ccc(-c2ccccc2)cc1. The summed E-state index contributed by atoms with van der Waals surface area (Å²) in [6, 6.07) is 20.8. The average Bonchev–Trinajstić information content (AvgIpc) is 2.21. The van der Waals surface area contributed by atoms with Crippen molar-refractivity contribution in [2.45, 2.75) is 0 Å². The van der Waals surface area contributed by atoms with E-state index in [1.165, 1.54) is 11.1 Å². The fourth-order valence-electron chi connectivity index (χ4n) is 1.26. The van der Waals surface area contributed by atoms with E-state index in [0.717, 1.165) is 0 Å². The summed E-state index contributed by atoms with van der Waals surface area (Å²) in [5, 5.41) is 0. The summed E-state index contributed by atoms with van der Waals surface area (Å²) in [5.41, 5.74) is 2.55. The van der Waals surface area contributed by atoms with Gasteiger partial charge in [-0.3, -0.25) is 0 Å². The second-order valence-electron chi connectivity index (χ2n) is 2.73. The van der Waals surface area contributed by atoms with Crippen LogP contribution in [0, 0.1) is 38.6 Å². The van der Waals surface area contributed by atoms with Gasteiger partial charge in [0.1, 0.15) is 0 Å². The smallest absolute Gasteiger partial charge is 0 e. The molecule has 0 heterocycles. The van der Waals surface area contributed by atoms with Crippen LogP contribution in [0.15, 0.2) is 60.7 Å². The Morgan fingerprint density at radius 2 is 0.769 bits per heavy atom. The first-order chi connectivity index (χ1) is 5.97. The van der Waals surface area contributed by atoms with E-state index in [4.69, 9.17) is 0 Å². The van der Waals surface area contributed by atoms with Gasteiger partial charge in [0.15, 0.2) is 0 Å². The predicted octanol–water partition coefficient (Wildman–Crippen LogP) is 3.35. The van der Waals surface area contributed by atoms with E-state index in [9.17, 15) is 0 Å². The van der Waals surface area contributed by atoms with Crippen LogP contribution < -0.4 is 0 Å². The van der Waals surface area contributed by atoms with Crippen LogP contribution in [0.25, 0.3) is 11.1 Å². The van der Waals surface area contributed by atoms with Crippen LogP contribution in [0.3, 0.4) is 0 Å². The molecular formula is C12H10Tb. The van der Waals surface area contributed by atoms with Crippen LogP contribution in [-0.4, -0.2) is 0 Å². The zero-order valence-corrected chi connectivity index (χ0v) is 9.25. The molecule has 1 heteroatoms. The van der Waals surface area contributed by atoms with Gasteiger partial charge in [0.2, 0.25) is 0 Å². The third-order valence-corrected chi connectivity index (χ3v) is 1.88. The maximum atomic E-state index is 2.12. The van der Waals surface area contributed by atoms with Gasteiger partial charge in [-0.25, -0.2) is 0 Å². The van der Waals surface area contributed by atoms with E-state index in [0.29, 0.717) is 0 Å². The minimum atomic E-state index is 0. The van der Waals surface area contributed by atoms with Crippen molar-refractivity contribution in [3.05, 3.63) is 60.7 Å². The van der Waals surface area contributed by atoms with E-state index < -0.39 is 0 Å². The Kier molecular flexibility index (Phi) is 4.53. The summed E-state index contributed by atoms with van der Waals surface area (Å²) in [6.07, 6.45) is 0. The molecule has 2 aromatic rings. The first-order valence-corrected chi connectivity index (χ1v) is 4.07. The monoisotopic (exact) mass is 313 g/mol. The molecule has 2 rings (SSSR count). The molecule has 67 valence electrons. The largest absolute Gasteiger partial charge is 0.0622 e. The maximum absolute atomic E-state index is 2.12. The normalized spacial score (nSPS) is 8.92. The first-order valence-electron chi connectivity index (χ1n) is 4.07. The molecule has 0 saturated carbocycles. The zero-order valence-electron chi connectivity index (χ0n) is 7.11. The van der Waals surface area contributed by atoms with Crippen LogP contribution in [0.1, 0.15) is 0 Å². The van der Waals surface area contributed by atoms with Crippen LogP contribution in [-0.2, 0) is 0 Å². The van der Waals surface area contributed by atoms with E-state index >= 15 is 0 Å². The standard InChI is InChI=1S/C12H10.Tb/c1-3-7-11(8-4-1)12-9-5-2-6-10-12;/h1-10H;. The van der Waals surface area contributed by atoms with Crippen molar-refractivity contribution >= 4 is 0 Å². The van der Waals surface area contributed by atoms with Crippen molar-refractivity contribution in [1.82, 2.24) is 0 Å². The summed E-state index contributed by atoms with van der Waals surface area (Å²) in [5.74, 6) is 0. The number of rotatable bonds is 1. The first kappa shape index (κ1) is 10.8. The molecule has 2 aromatic carbocycles. The third kappa shape index (κ3) is 2.85. The van der Waals surface area contributed by atoms with Crippen LogP contribution >= 0.6 is 0 Å². The van der Waals surface area contributed by atoms with Gasteiger partial charge in [-0.1, -0.05) is 60.7 Å². The Morgan fingerprint density at radius 3 is 1.08 bits per heavy atom. The van der Waals surface area contributed by atoms with Crippen molar-refractivity contribution < 1.29 is 38.6 Å². The minimum absolute atomic E-state index is 0. The van der Waals surface area contributed by atoms with Crippen LogP contribution in [0.2, 0.25) is 0 Å². The van der Waals surface area contributed by atoms with Gasteiger partial charge < -0.3 is 0 Å². The van der Waals surface area contributed by atoms with Crippen molar-refractivity contribution in [2.24, 2.45) is 0 Å². The van der Waals surface area contributed by atoms with Gasteiger partial charge in [-0.2, -0.15) is 0 Å². The van der Waals surface area contributed by atoms with Crippen molar-refractivity contribution in [3.63, 3.8) is 0 Å². The Hall–Kier alpha value is -0.274. The Morgan fingerprint density at radius 1 is 0.462 bits per heavy atom. The second kappa shape index (κ2) is 5.45. The van der Waals surface area contributed by atoms with E-state index in [-0.39, 0.29) is 38.6 Å². The quantitative estimate of drug-likeness (QED) is 0.757. The van der Waals surface area contributed by atoms with Crippen LogP contribution in [0.5, 0.6) is 0 Å². The van der Waals surface area contributed by atoms with Crippen molar-refractivity contribution in [2.75, 3.05) is 0 Å². The van der Waals surface area contributed by atoms with Gasteiger partial charge in [-0.05, 0) is 11.1 Å². The molecule has 1 radical (unpaired) electrons. The van der Waals surface area contributed by atoms with E-state index in [1.54, 1.807) is 0 Å². The summed E-state index contributed by atoms with van der Waals surface area (Å²) >= 11 is 0. The minimum Gasteiger partial charge on any atom is -0.0622 e. The van der Waals surface area contributed by atoms with E-state index in [1.807, 2.05) is 12.1 Å². The molecule has 0 bridgehead atoms. The Balaban J connectivity index is 0.000000845. The van der Waals surface area contributed by atoms with E-state index in [2.05, 4.69) is 48.5 Å². The average molecular weight is 313 g/mol. The molecule has 0 aromatic heterocycles. The number of benzene rings is 2. The topological polar surface area (TPSA) is 0 Å². The number of hydrogen-bond acceptors (Lipinski definition) is 0. The molecule has 0 nitrogen and oxygen atoms in total. The maximum Gasteiger partial charge on any atom is 0 e. The summed E-state index contributed by atoms with van der Waals surface area (Å²) in [6.45, 7) is 0. The number of hydrogen-bond donors (Lipinski definition) is 0. The molecule has 0 saturated heterocycles. The Bertz CT molecular complexity index is 303. The zero-order chi connectivity index (χ0) is 8.23. The fraction of sp³-hybridized carbons (Fsp3) is 0. The Labute approximate surface area is 109 Å². The second-order valence-corrected chi connectivity index (χ2v) is 2.73. The molecule has 0 N–H and O–H groups in total. The molecule has 0 aliphatic rings.